The molecule has 4 heteroatoms. The fourth-order valence-corrected chi connectivity index (χ4v) is 4.65. The van der Waals surface area contributed by atoms with Gasteiger partial charge in [0, 0.05) is 30.8 Å². The molecule has 3 aromatic carbocycles. The molecule has 0 atom stereocenters. The maximum atomic E-state index is 9.44. The molecule has 1 aromatic heterocycles. The number of imidazole rings is 1. The number of hydrogen-bond donors (Lipinski definition) is 1. The molecule has 0 bridgehead atoms. The monoisotopic (exact) mass is 481 g/mol. The van der Waals surface area contributed by atoms with Crippen LogP contribution in [0, 0.1) is 0 Å². The highest BCUT2D eigenvalue weighted by molar-refractivity contribution is 5.68. The summed E-state index contributed by atoms with van der Waals surface area (Å²) in [5.41, 5.74) is 6.93. The average molecular weight is 482 g/mol. The van der Waals surface area contributed by atoms with Gasteiger partial charge in [-0.3, -0.25) is 4.90 Å². The van der Waals surface area contributed by atoms with Crippen molar-refractivity contribution in [3.05, 3.63) is 102 Å². The van der Waals surface area contributed by atoms with Crippen LogP contribution < -0.4 is 0 Å². The molecule has 0 aliphatic carbocycles. The first kappa shape index (κ1) is 25.9. The van der Waals surface area contributed by atoms with Gasteiger partial charge in [-0.25, -0.2) is 4.98 Å². The number of aromatic nitrogens is 2. The van der Waals surface area contributed by atoms with Gasteiger partial charge in [0.15, 0.2) is 0 Å². The third-order valence-electron chi connectivity index (χ3n) is 6.70. The van der Waals surface area contributed by atoms with E-state index < -0.39 is 0 Å². The Morgan fingerprint density at radius 1 is 0.722 bits per heavy atom. The summed E-state index contributed by atoms with van der Waals surface area (Å²) >= 11 is 0. The highest BCUT2D eigenvalue weighted by atomic mass is 16.3. The summed E-state index contributed by atoms with van der Waals surface area (Å²) in [6.07, 6.45) is 4.58. The Hall–Kier alpha value is -3.21. The highest BCUT2D eigenvalue weighted by Gasteiger charge is 2.21. The topological polar surface area (TPSA) is 41.3 Å². The molecule has 0 saturated carbocycles. The lowest BCUT2D eigenvalue weighted by Crippen LogP contribution is -2.26. The van der Waals surface area contributed by atoms with Crippen molar-refractivity contribution in [3.8, 4) is 22.6 Å². The van der Waals surface area contributed by atoms with Crippen molar-refractivity contribution in [2.24, 2.45) is 0 Å². The minimum absolute atomic E-state index is 0.0825. The normalized spacial score (nSPS) is 11.3. The maximum absolute atomic E-state index is 9.44. The Morgan fingerprint density at radius 2 is 1.33 bits per heavy atom. The fourth-order valence-electron chi connectivity index (χ4n) is 4.65. The minimum Gasteiger partial charge on any atom is -0.392 e. The Morgan fingerprint density at radius 3 is 1.94 bits per heavy atom. The van der Waals surface area contributed by atoms with Crippen molar-refractivity contribution < 1.29 is 5.11 Å². The van der Waals surface area contributed by atoms with Gasteiger partial charge in [0.2, 0.25) is 0 Å². The van der Waals surface area contributed by atoms with Gasteiger partial charge in [-0.05, 0) is 30.5 Å². The molecule has 0 spiro atoms. The third-order valence-corrected chi connectivity index (χ3v) is 6.70. The lowest BCUT2D eigenvalue weighted by molar-refractivity contribution is 0.246. The zero-order chi connectivity index (χ0) is 25.2. The number of benzene rings is 3. The zero-order valence-electron chi connectivity index (χ0n) is 21.7. The van der Waals surface area contributed by atoms with E-state index in [0.717, 1.165) is 74.5 Å². The molecule has 36 heavy (non-hydrogen) atoms. The van der Waals surface area contributed by atoms with E-state index in [2.05, 4.69) is 96.1 Å². The number of unbranched alkanes of at least 4 members (excludes halogenated alkanes) is 2. The smallest absolute Gasteiger partial charge is 0.140 e. The second-order valence-corrected chi connectivity index (χ2v) is 9.51. The van der Waals surface area contributed by atoms with E-state index in [1.54, 1.807) is 0 Å². The maximum Gasteiger partial charge on any atom is 0.140 e. The quantitative estimate of drug-likeness (QED) is 0.218. The molecule has 188 valence electrons. The molecule has 1 heterocycles. The molecule has 0 fully saturated rings. The lowest BCUT2D eigenvalue weighted by atomic mass is 10.1. The third kappa shape index (κ3) is 6.51. The fraction of sp³-hybridized carbons (Fsp3) is 0.344. The van der Waals surface area contributed by atoms with Crippen molar-refractivity contribution in [1.82, 2.24) is 14.5 Å². The van der Waals surface area contributed by atoms with Gasteiger partial charge < -0.3 is 9.67 Å². The van der Waals surface area contributed by atoms with Gasteiger partial charge in [-0.15, -0.1) is 0 Å². The summed E-state index contributed by atoms with van der Waals surface area (Å²) in [6.45, 7) is 8.30. The Labute approximate surface area is 216 Å². The van der Waals surface area contributed by atoms with E-state index in [0.29, 0.717) is 0 Å². The van der Waals surface area contributed by atoms with Crippen LogP contribution in [-0.2, 0) is 26.2 Å². The lowest BCUT2D eigenvalue weighted by Gasteiger charge is -2.24. The molecule has 0 unspecified atom stereocenters. The van der Waals surface area contributed by atoms with Gasteiger partial charge in [0.05, 0.1) is 18.0 Å². The molecule has 4 aromatic rings. The van der Waals surface area contributed by atoms with Crippen molar-refractivity contribution >= 4 is 0 Å². The number of aliphatic hydroxyl groups is 1. The van der Waals surface area contributed by atoms with Gasteiger partial charge in [-0.1, -0.05) is 112 Å². The van der Waals surface area contributed by atoms with Gasteiger partial charge in [0.25, 0.3) is 0 Å². The number of hydrogen-bond acceptors (Lipinski definition) is 3. The van der Waals surface area contributed by atoms with Crippen molar-refractivity contribution in [3.63, 3.8) is 0 Å². The Balaban J connectivity index is 1.76. The first-order chi connectivity index (χ1) is 17.7. The van der Waals surface area contributed by atoms with E-state index in [1.165, 1.54) is 16.8 Å². The second-order valence-electron chi connectivity index (χ2n) is 9.51. The highest BCUT2D eigenvalue weighted by Crippen LogP contribution is 2.31. The SMILES string of the molecule is CCCCN(Cc1ccc(CO)cc1)Cc1c(-c2ccccc2)nc(-c2ccccc2)n1CCCC. The number of aliphatic hydroxyl groups excluding tert-OH is 1. The van der Waals surface area contributed by atoms with E-state index in [4.69, 9.17) is 4.98 Å². The average Bonchev–Trinajstić information content (AvgIpc) is 3.29. The van der Waals surface area contributed by atoms with E-state index >= 15 is 0 Å². The van der Waals surface area contributed by atoms with Crippen LogP contribution >= 0.6 is 0 Å². The largest absolute Gasteiger partial charge is 0.392 e. The van der Waals surface area contributed by atoms with Crippen molar-refractivity contribution in [2.45, 2.75) is 65.8 Å². The summed E-state index contributed by atoms with van der Waals surface area (Å²) in [5.74, 6) is 1.06. The van der Waals surface area contributed by atoms with Crippen LogP contribution in [0.2, 0.25) is 0 Å². The summed E-state index contributed by atoms with van der Waals surface area (Å²) < 4.78 is 2.47. The van der Waals surface area contributed by atoms with Crippen LogP contribution in [0.5, 0.6) is 0 Å². The van der Waals surface area contributed by atoms with Crippen molar-refractivity contribution in [2.75, 3.05) is 6.54 Å². The summed E-state index contributed by atoms with van der Waals surface area (Å²) in [7, 11) is 0. The predicted octanol–water partition coefficient (Wildman–Crippen LogP) is 7.31. The molecule has 4 nitrogen and oxygen atoms in total. The predicted molar refractivity (Wildman–Crippen MR) is 149 cm³/mol. The Bertz CT molecular complexity index is 1180. The van der Waals surface area contributed by atoms with Crippen LogP contribution in [0.15, 0.2) is 84.9 Å². The molecule has 0 aliphatic heterocycles. The van der Waals surface area contributed by atoms with Gasteiger partial charge >= 0.3 is 0 Å². The summed E-state index contributed by atoms with van der Waals surface area (Å²) in [6, 6.07) is 29.6. The summed E-state index contributed by atoms with van der Waals surface area (Å²) in [4.78, 5) is 7.83. The molecule has 0 saturated heterocycles. The first-order valence-corrected chi connectivity index (χ1v) is 13.3. The molecule has 0 aliphatic rings. The first-order valence-electron chi connectivity index (χ1n) is 13.3. The van der Waals surface area contributed by atoms with Crippen LogP contribution in [0.4, 0.5) is 0 Å². The standard InChI is InChI=1S/C32H39N3O/c1-3-5-21-34(23-26-17-19-27(25-36)20-18-26)24-30-31(28-13-9-7-10-14-28)33-32(35(30)22-6-4-2)29-15-11-8-12-16-29/h7-20,36H,3-6,21-25H2,1-2H3. The van der Waals surface area contributed by atoms with Gasteiger partial charge in [-0.2, -0.15) is 0 Å². The molecule has 0 amide bonds. The van der Waals surface area contributed by atoms with Crippen molar-refractivity contribution in [1.29, 1.82) is 0 Å². The van der Waals surface area contributed by atoms with Crippen LogP contribution in [0.3, 0.4) is 0 Å². The summed E-state index contributed by atoms with van der Waals surface area (Å²) in [5, 5.41) is 9.44. The Kier molecular flexibility index (Phi) is 9.48. The number of nitrogens with zero attached hydrogens (tertiary/aromatic N) is 3. The second kappa shape index (κ2) is 13.2. The minimum atomic E-state index is 0.0825. The van der Waals surface area contributed by atoms with Crippen LogP contribution in [-0.4, -0.2) is 26.1 Å². The van der Waals surface area contributed by atoms with Gasteiger partial charge in [0.1, 0.15) is 5.82 Å². The zero-order valence-corrected chi connectivity index (χ0v) is 21.7. The molecular weight excluding hydrogens is 442 g/mol. The molecule has 4 rings (SSSR count). The van der Waals surface area contributed by atoms with E-state index in [-0.39, 0.29) is 6.61 Å². The van der Waals surface area contributed by atoms with E-state index in [9.17, 15) is 5.11 Å². The molecule has 1 N–H and O–H groups in total. The number of rotatable bonds is 13. The van der Waals surface area contributed by atoms with E-state index in [1.807, 2.05) is 12.1 Å². The molecular formula is C32H39N3O. The van der Waals surface area contributed by atoms with Crippen LogP contribution in [0.25, 0.3) is 22.6 Å². The van der Waals surface area contributed by atoms with Crippen LogP contribution in [0.1, 0.15) is 56.4 Å². The molecule has 0 radical (unpaired) electrons.